The van der Waals surface area contributed by atoms with Gasteiger partial charge >= 0.3 is 0 Å². The molecule has 0 aliphatic carbocycles. The van der Waals surface area contributed by atoms with Crippen molar-refractivity contribution in [1.82, 2.24) is 10.2 Å². The molecule has 7 heteroatoms. The molecule has 1 heterocycles. The molecular formula is C19H23ClN2O3S. The van der Waals surface area contributed by atoms with Crippen molar-refractivity contribution < 1.29 is 14.0 Å². The minimum absolute atomic E-state index is 0.159. The summed E-state index contributed by atoms with van der Waals surface area (Å²) in [6.07, 6.45) is 2.50. The van der Waals surface area contributed by atoms with Gasteiger partial charge in [-0.05, 0) is 49.6 Å². The average molecular weight is 395 g/mol. The molecule has 2 amide bonds. The standard InChI is InChI=1S/C19H23ClN2O3S/c1-13-8-9-14(25-13)12-22(2)19(24)17(10-11-26-3)21-18(23)15-6-4-5-7-16(15)20/h4-9,17H,10-12H2,1-3H3,(H,21,23). The Bertz CT molecular complexity index is 763. The largest absolute Gasteiger partial charge is 0.464 e. The fraction of sp³-hybridized carbons (Fsp3) is 0.368. The number of amides is 2. The molecule has 2 rings (SSSR count). The lowest BCUT2D eigenvalue weighted by atomic mass is 10.1. The first-order valence-electron chi connectivity index (χ1n) is 8.27. The Kier molecular flexibility index (Phi) is 7.60. The van der Waals surface area contributed by atoms with Crippen LogP contribution in [0, 0.1) is 6.92 Å². The fourth-order valence-corrected chi connectivity index (χ4v) is 3.22. The summed E-state index contributed by atoms with van der Waals surface area (Å²) >= 11 is 7.71. The molecule has 1 aromatic heterocycles. The highest BCUT2D eigenvalue weighted by Crippen LogP contribution is 2.16. The van der Waals surface area contributed by atoms with Crippen LogP contribution in [0.15, 0.2) is 40.8 Å². The van der Waals surface area contributed by atoms with E-state index in [-0.39, 0.29) is 11.8 Å². The van der Waals surface area contributed by atoms with E-state index in [1.807, 2.05) is 25.3 Å². The van der Waals surface area contributed by atoms with E-state index < -0.39 is 6.04 Å². The highest BCUT2D eigenvalue weighted by Gasteiger charge is 2.25. The molecule has 0 bridgehead atoms. The predicted octanol–water partition coefficient (Wildman–Crippen LogP) is 3.75. The quantitative estimate of drug-likeness (QED) is 0.740. The van der Waals surface area contributed by atoms with Crippen LogP contribution in [0.4, 0.5) is 0 Å². The van der Waals surface area contributed by atoms with Gasteiger partial charge in [0.2, 0.25) is 5.91 Å². The molecule has 26 heavy (non-hydrogen) atoms. The smallest absolute Gasteiger partial charge is 0.253 e. The number of hydrogen-bond acceptors (Lipinski definition) is 4. The molecule has 0 aliphatic heterocycles. The maximum Gasteiger partial charge on any atom is 0.253 e. The monoisotopic (exact) mass is 394 g/mol. The summed E-state index contributed by atoms with van der Waals surface area (Å²) < 4.78 is 5.53. The second kappa shape index (κ2) is 9.69. The van der Waals surface area contributed by atoms with Crippen LogP contribution in [0.5, 0.6) is 0 Å². The first kappa shape index (κ1) is 20.4. The Hall–Kier alpha value is -1.92. The van der Waals surface area contributed by atoms with E-state index in [1.54, 1.807) is 48.0 Å². The molecular weight excluding hydrogens is 372 g/mol. The summed E-state index contributed by atoms with van der Waals surface area (Å²) in [6, 6.07) is 9.88. The van der Waals surface area contributed by atoms with Gasteiger partial charge in [-0.1, -0.05) is 23.7 Å². The van der Waals surface area contributed by atoms with Gasteiger partial charge in [0.25, 0.3) is 5.91 Å². The number of rotatable bonds is 8. The van der Waals surface area contributed by atoms with Crippen molar-refractivity contribution in [2.24, 2.45) is 0 Å². The van der Waals surface area contributed by atoms with Crippen molar-refractivity contribution in [3.05, 3.63) is 58.5 Å². The first-order valence-corrected chi connectivity index (χ1v) is 10.0. The molecule has 1 unspecified atom stereocenters. The number of carbonyl (C=O) groups excluding carboxylic acids is 2. The molecule has 5 nitrogen and oxygen atoms in total. The molecule has 0 fully saturated rings. The lowest BCUT2D eigenvalue weighted by Gasteiger charge is -2.24. The maximum absolute atomic E-state index is 12.8. The molecule has 2 aromatic rings. The zero-order chi connectivity index (χ0) is 19.1. The van der Waals surface area contributed by atoms with E-state index in [0.717, 1.165) is 11.5 Å². The van der Waals surface area contributed by atoms with Gasteiger partial charge < -0.3 is 14.6 Å². The number of furan rings is 1. The van der Waals surface area contributed by atoms with Crippen LogP contribution in [0.3, 0.4) is 0 Å². The highest BCUT2D eigenvalue weighted by atomic mass is 35.5. The summed E-state index contributed by atoms with van der Waals surface area (Å²) in [7, 11) is 1.70. The normalized spacial score (nSPS) is 11.8. The molecule has 0 spiro atoms. The van der Waals surface area contributed by atoms with Crippen LogP contribution in [0.2, 0.25) is 5.02 Å². The van der Waals surface area contributed by atoms with E-state index in [4.69, 9.17) is 16.0 Å². The minimum Gasteiger partial charge on any atom is -0.464 e. The Morgan fingerprint density at radius 2 is 2.00 bits per heavy atom. The number of benzene rings is 1. The summed E-state index contributed by atoms with van der Waals surface area (Å²) in [4.78, 5) is 26.9. The van der Waals surface area contributed by atoms with Crippen molar-refractivity contribution in [2.75, 3.05) is 19.1 Å². The van der Waals surface area contributed by atoms with Crippen LogP contribution >= 0.6 is 23.4 Å². The third-order valence-corrected chi connectivity index (χ3v) is 4.87. The second-order valence-corrected chi connectivity index (χ2v) is 7.39. The Morgan fingerprint density at radius 3 is 2.62 bits per heavy atom. The van der Waals surface area contributed by atoms with Crippen LogP contribution in [0.25, 0.3) is 0 Å². The summed E-state index contributed by atoms with van der Waals surface area (Å²) in [6.45, 7) is 2.21. The lowest BCUT2D eigenvalue weighted by Crippen LogP contribution is -2.47. The third kappa shape index (κ3) is 5.54. The average Bonchev–Trinajstić information content (AvgIpc) is 3.02. The van der Waals surface area contributed by atoms with Crippen LogP contribution in [-0.2, 0) is 11.3 Å². The van der Waals surface area contributed by atoms with Gasteiger partial charge in [-0.2, -0.15) is 11.8 Å². The second-order valence-electron chi connectivity index (χ2n) is 5.99. The topological polar surface area (TPSA) is 62.6 Å². The van der Waals surface area contributed by atoms with Crippen LogP contribution in [0.1, 0.15) is 28.3 Å². The van der Waals surface area contributed by atoms with Gasteiger partial charge in [-0.3, -0.25) is 9.59 Å². The van der Waals surface area contributed by atoms with Gasteiger partial charge in [0.15, 0.2) is 0 Å². The molecule has 1 atom stereocenters. The van der Waals surface area contributed by atoms with E-state index in [2.05, 4.69) is 5.32 Å². The van der Waals surface area contributed by atoms with Crippen LogP contribution in [-0.4, -0.2) is 41.8 Å². The summed E-state index contributed by atoms with van der Waals surface area (Å²) in [5.41, 5.74) is 0.362. The van der Waals surface area contributed by atoms with Crippen molar-refractivity contribution in [3.63, 3.8) is 0 Å². The van der Waals surface area contributed by atoms with Gasteiger partial charge in [0.1, 0.15) is 17.6 Å². The zero-order valence-electron chi connectivity index (χ0n) is 15.1. The number of likely N-dealkylation sites (N-methyl/N-ethyl adjacent to an activating group) is 1. The van der Waals surface area contributed by atoms with Crippen molar-refractivity contribution >= 4 is 35.2 Å². The zero-order valence-corrected chi connectivity index (χ0v) is 16.7. The van der Waals surface area contributed by atoms with Crippen molar-refractivity contribution in [3.8, 4) is 0 Å². The van der Waals surface area contributed by atoms with Gasteiger partial charge in [-0.15, -0.1) is 0 Å². The van der Waals surface area contributed by atoms with Gasteiger partial charge in [-0.25, -0.2) is 0 Å². The number of aryl methyl sites for hydroxylation is 1. The molecule has 0 radical (unpaired) electrons. The summed E-state index contributed by atoms with van der Waals surface area (Å²) in [5.74, 6) is 1.75. The van der Waals surface area contributed by atoms with Crippen molar-refractivity contribution in [1.29, 1.82) is 0 Å². The Balaban J connectivity index is 2.08. The minimum atomic E-state index is -0.618. The number of nitrogens with zero attached hydrogens (tertiary/aromatic N) is 1. The number of nitrogens with one attached hydrogen (secondary N) is 1. The number of hydrogen-bond donors (Lipinski definition) is 1. The molecule has 140 valence electrons. The predicted molar refractivity (Wildman–Crippen MR) is 106 cm³/mol. The van der Waals surface area contributed by atoms with Crippen LogP contribution < -0.4 is 5.32 Å². The van der Waals surface area contributed by atoms with E-state index in [1.165, 1.54) is 0 Å². The number of halogens is 1. The van der Waals surface area contributed by atoms with E-state index in [0.29, 0.717) is 29.3 Å². The van der Waals surface area contributed by atoms with Gasteiger partial charge in [0.05, 0.1) is 17.1 Å². The van der Waals surface area contributed by atoms with E-state index in [9.17, 15) is 9.59 Å². The number of carbonyl (C=O) groups is 2. The Labute approximate surface area is 163 Å². The molecule has 1 N–H and O–H groups in total. The lowest BCUT2D eigenvalue weighted by molar-refractivity contribution is -0.132. The SMILES string of the molecule is CSCCC(NC(=O)c1ccccc1Cl)C(=O)N(C)Cc1ccc(C)o1. The van der Waals surface area contributed by atoms with Gasteiger partial charge in [0, 0.05) is 7.05 Å². The van der Waals surface area contributed by atoms with Crippen molar-refractivity contribution in [2.45, 2.75) is 25.9 Å². The Morgan fingerprint density at radius 1 is 1.27 bits per heavy atom. The molecule has 0 saturated heterocycles. The fourth-order valence-electron chi connectivity index (χ4n) is 2.52. The molecule has 1 aromatic carbocycles. The third-order valence-electron chi connectivity index (χ3n) is 3.90. The first-order chi connectivity index (χ1) is 12.4. The molecule has 0 saturated carbocycles. The summed E-state index contributed by atoms with van der Waals surface area (Å²) in [5, 5.41) is 3.18. The van der Waals surface area contributed by atoms with E-state index >= 15 is 0 Å². The highest BCUT2D eigenvalue weighted by molar-refractivity contribution is 7.98. The molecule has 0 aliphatic rings. The maximum atomic E-state index is 12.8. The number of thioether (sulfide) groups is 1.